The van der Waals surface area contributed by atoms with E-state index < -0.39 is 10.4 Å². The number of hydrogen-bond donors (Lipinski definition) is 2. The molecule has 0 spiro atoms. The fourth-order valence-electron chi connectivity index (χ4n) is 1.44. The Hall–Kier alpha value is -0.730. The molecule has 0 fully saturated rings. The third-order valence-electron chi connectivity index (χ3n) is 2.22. The van der Waals surface area contributed by atoms with Crippen LogP contribution in [0.3, 0.4) is 0 Å². The van der Waals surface area contributed by atoms with Crippen LogP contribution in [-0.4, -0.2) is 47.1 Å². The minimum atomic E-state index is -4.67. The van der Waals surface area contributed by atoms with Gasteiger partial charge in [0.05, 0.1) is 13.2 Å². The molecule has 2 rings (SSSR count). The van der Waals surface area contributed by atoms with Crippen molar-refractivity contribution in [1.82, 2.24) is 0 Å². The van der Waals surface area contributed by atoms with Gasteiger partial charge in [0.1, 0.15) is 0 Å². The Morgan fingerprint density at radius 2 is 1.05 bits per heavy atom. The SMILES string of the molecule is O=S(=O)(O)O.[NaH].c1ccc(COCc2ccccc2)cc1. The van der Waals surface area contributed by atoms with Crippen molar-refractivity contribution in [3.8, 4) is 0 Å². The van der Waals surface area contributed by atoms with Gasteiger partial charge in [0, 0.05) is 0 Å². The predicted molar refractivity (Wildman–Crippen MR) is 82.7 cm³/mol. The van der Waals surface area contributed by atoms with E-state index in [0.717, 1.165) is 0 Å². The maximum atomic E-state index is 8.74. The Kier molecular flexibility index (Phi) is 10.5. The standard InChI is InChI=1S/C14H14O.Na.H2O4S.H/c1-3-7-13(8-4-1)11-15-12-14-9-5-2-6-10-14;;1-5(2,3)4;/h1-10H,11-12H2;;(H2,1,2,3,4);. The van der Waals surface area contributed by atoms with E-state index in [1.54, 1.807) is 0 Å². The number of rotatable bonds is 4. The first-order chi connectivity index (χ1) is 9.45. The molecule has 0 aromatic heterocycles. The molecule has 2 N–H and O–H groups in total. The molecule has 7 heteroatoms. The molecule has 0 amide bonds. The summed E-state index contributed by atoms with van der Waals surface area (Å²) < 4.78 is 37.2. The van der Waals surface area contributed by atoms with E-state index in [2.05, 4.69) is 24.3 Å². The predicted octanol–water partition coefficient (Wildman–Crippen LogP) is 2.10. The molecule has 21 heavy (non-hydrogen) atoms. The molecular formula is C14H17NaO5S. The molecule has 110 valence electrons. The molecule has 0 saturated carbocycles. The van der Waals surface area contributed by atoms with E-state index in [-0.39, 0.29) is 29.6 Å². The van der Waals surface area contributed by atoms with Crippen molar-refractivity contribution < 1.29 is 22.3 Å². The van der Waals surface area contributed by atoms with E-state index in [4.69, 9.17) is 22.3 Å². The minimum absolute atomic E-state index is 0. The van der Waals surface area contributed by atoms with E-state index in [1.165, 1.54) is 11.1 Å². The summed E-state index contributed by atoms with van der Waals surface area (Å²) in [5.41, 5.74) is 2.43. The van der Waals surface area contributed by atoms with Crippen LogP contribution in [0.5, 0.6) is 0 Å². The molecule has 2 aromatic rings. The second-order valence-corrected chi connectivity index (χ2v) is 4.81. The minimum Gasteiger partial charge on any atom is -0.372 e. The smallest absolute Gasteiger partial charge is 0.0721 e. The van der Waals surface area contributed by atoms with Crippen LogP contribution in [-0.2, 0) is 28.3 Å². The Bertz CT molecular complexity index is 540. The van der Waals surface area contributed by atoms with Crippen LogP contribution in [0, 0.1) is 0 Å². The van der Waals surface area contributed by atoms with Gasteiger partial charge in [0.15, 0.2) is 0 Å². The van der Waals surface area contributed by atoms with Crippen molar-refractivity contribution in [1.29, 1.82) is 0 Å². The van der Waals surface area contributed by atoms with Crippen molar-refractivity contribution in [3.63, 3.8) is 0 Å². The zero-order valence-electron chi connectivity index (χ0n) is 10.7. The molecule has 2 aromatic carbocycles. The average Bonchev–Trinajstić information content (AvgIpc) is 2.39. The normalized spacial score (nSPS) is 10.0. The first kappa shape index (κ1) is 20.3. The molecule has 0 radical (unpaired) electrons. The summed E-state index contributed by atoms with van der Waals surface area (Å²) in [6, 6.07) is 20.4. The van der Waals surface area contributed by atoms with Gasteiger partial charge in [-0.3, -0.25) is 9.11 Å². The van der Waals surface area contributed by atoms with Crippen LogP contribution < -0.4 is 0 Å². The van der Waals surface area contributed by atoms with Gasteiger partial charge < -0.3 is 4.74 Å². The molecule has 0 unspecified atom stereocenters. The molecular weight excluding hydrogens is 303 g/mol. The average molecular weight is 320 g/mol. The van der Waals surface area contributed by atoms with Crippen LogP contribution in [0.1, 0.15) is 11.1 Å². The van der Waals surface area contributed by atoms with E-state index in [1.807, 2.05) is 36.4 Å². The fraction of sp³-hybridized carbons (Fsp3) is 0.143. The molecule has 0 heterocycles. The summed E-state index contributed by atoms with van der Waals surface area (Å²) in [6.45, 7) is 1.35. The van der Waals surface area contributed by atoms with Crippen LogP contribution in [0.15, 0.2) is 60.7 Å². The van der Waals surface area contributed by atoms with Crippen molar-refractivity contribution in [2.24, 2.45) is 0 Å². The summed E-state index contributed by atoms with van der Waals surface area (Å²) in [5.74, 6) is 0. The summed E-state index contributed by atoms with van der Waals surface area (Å²) in [6.07, 6.45) is 0. The van der Waals surface area contributed by atoms with Gasteiger partial charge >= 0.3 is 40.0 Å². The second-order valence-electron chi connectivity index (χ2n) is 3.91. The van der Waals surface area contributed by atoms with Crippen molar-refractivity contribution >= 4 is 40.0 Å². The van der Waals surface area contributed by atoms with Crippen LogP contribution in [0.25, 0.3) is 0 Å². The third kappa shape index (κ3) is 12.7. The number of ether oxygens (including phenoxy) is 1. The van der Waals surface area contributed by atoms with E-state index in [9.17, 15) is 0 Å². The zero-order valence-corrected chi connectivity index (χ0v) is 11.5. The quantitative estimate of drug-likeness (QED) is 0.666. The monoisotopic (exact) mass is 320 g/mol. The summed E-state index contributed by atoms with van der Waals surface area (Å²) in [4.78, 5) is 0. The molecule has 0 saturated heterocycles. The first-order valence-electron chi connectivity index (χ1n) is 5.80. The van der Waals surface area contributed by atoms with E-state index in [0.29, 0.717) is 13.2 Å². The molecule has 0 aliphatic carbocycles. The topological polar surface area (TPSA) is 83.8 Å². The largest absolute Gasteiger partial charge is 0.372 e. The molecule has 0 bridgehead atoms. The van der Waals surface area contributed by atoms with Gasteiger partial charge in [0.2, 0.25) is 0 Å². The Labute approximate surface area is 146 Å². The third-order valence-corrected chi connectivity index (χ3v) is 2.22. The molecule has 5 nitrogen and oxygen atoms in total. The van der Waals surface area contributed by atoms with Gasteiger partial charge in [-0.1, -0.05) is 60.7 Å². The summed E-state index contributed by atoms with van der Waals surface area (Å²) in [5, 5.41) is 0. The van der Waals surface area contributed by atoms with Crippen molar-refractivity contribution in [3.05, 3.63) is 71.8 Å². The zero-order chi connectivity index (χ0) is 14.8. The summed E-state index contributed by atoms with van der Waals surface area (Å²) in [7, 11) is -4.67. The van der Waals surface area contributed by atoms with Gasteiger partial charge in [-0.05, 0) is 11.1 Å². The first-order valence-corrected chi connectivity index (χ1v) is 7.20. The van der Waals surface area contributed by atoms with E-state index >= 15 is 0 Å². The Morgan fingerprint density at radius 3 is 1.33 bits per heavy atom. The van der Waals surface area contributed by atoms with Crippen molar-refractivity contribution in [2.75, 3.05) is 0 Å². The molecule has 0 aliphatic rings. The number of benzene rings is 2. The van der Waals surface area contributed by atoms with Gasteiger partial charge in [0.25, 0.3) is 0 Å². The van der Waals surface area contributed by atoms with Crippen LogP contribution in [0.2, 0.25) is 0 Å². The van der Waals surface area contributed by atoms with Crippen LogP contribution in [0.4, 0.5) is 0 Å². The van der Waals surface area contributed by atoms with Crippen molar-refractivity contribution in [2.45, 2.75) is 13.2 Å². The summed E-state index contributed by atoms with van der Waals surface area (Å²) >= 11 is 0. The van der Waals surface area contributed by atoms with Crippen LogP contribution >= 0.6 is 0 Å². The maximum absolute atomic E-state index is 8.74. The Balaban J connectivity index is 0.000000583. The molecule has 0 aliphatic heterocycles. The van der Waals surface area contributed by atoms with Gasteiger partial charge in [-0.25, -0.2) is 0 Å². The van der Waals surface area contributed by atoms with Gasteiger partial charge in [-0.2, -0.15) is 8.42 Å². The van der Waals surface area contributed by atoms with Gasteiger partial charge in [-0.15, -0.1) is 0 Å². The molecule has 0 atom stereocenters. The number of hydrogen-bond acceptors (Lipinski definition) is 3. The maximum Gasteiger partial charge on any atom is 0.0721 e. The fourth-order valence-corrected chi connectivity index (χ4v) is 1.44. The Morgan fingerprint density at radius 1 is 0.762 bits per heavy atom. The second kappa shape index (κ2) is 10.9.